The summed E-state index contributed by atoms with van der Waals surface area (Å²) in [5.74, 6) is -0.478. The van der Waals surface area contributed by atoms with Crippen molar-refractivity contribution in [3.05, 3.63) is 35.7 Å². The number of aromatic nitrogens is 3. The van der Waals surface area contributed by atoms with Crippen LogP contribution in [0, 0.1) is 6.92 Å². The van der Waals surface area contributed by atoms with Crippen LogP contribution >= 0.6 is 0 Å². The fraction of sp³-hybridized carbons (Fsp3) is 0.250. The predicted octanol–water partition coefficient (Wildman–Crippen LogP) is 1.41. The van der Waals surface area contributed by atoms with Crippen LogP contribution in [0.1, 0.15) is 22.0 Å². The Morgan fingerprint density at radius 3 is 2.85 bits per heavy atom. The van der Waals surface area contributed by atoms with Crippen molar-refractivity contribution >= 4 is 17.7 Å². The molecule has 8 heteroatoms. The van der Waals surface area contributed by atoms with Crippen molar-refractivity contribution in [1.82, 2.24) is 19.9 Å². The van der Waals surface area contributed by atoms with Gasteiger partial charge >= 0.3 is 12.0 Å². The number of aromatic amines is 2. The molecule has 2 rings (SSSR count). The molecule has 0 radical (unpaired) electrons. The number of amides is 2. The fourth-order valence-corrected chi connectivity index (χ4v) is 1.75. The standard InChI is InChI=1S/C12H15N5O3/c1-7-5-8(10(15-7)11(18)19)16-12(20)17(2)6-9-13-3-4-14-9/h3-5,15H,6H2,1-2H3,(H,13,14)(H,16,20)(H,18,19). The minimum Gasteiger partial charge on any atom is -0.477 e. The quantitative estimate of drug-likeness (QED) is 0.676. The van der Waals surface area contributed by atoms with Crippen molar-refractivity contribution in [3.63, 3.8) is 0 Å². The zero-order valence-corrected chi connectivity index (χ0v) is 11.1. The molecule has 0 saturated heterocycles. The van der Waals surface area contributed by atoms with Gasteiger partial charge in [0.1, 0.15) is 11.5 Å². The molecule has 20 heavy (non-hydrogen) atoms. The van der Waals surface area contributed by atoms with E-state index in [1.54, 1.807) is 32.4 Å². The number of imidazole rings is 1. The highest BCUT2D eigenvalue weighted by atomic mass is 16.4. The zero-order chi connectivity index (χ0) is 14.7. The first-order chi connectivity index (χ1) is 9.47. The van der Waals surface area contributed by atoms with Crippen molar-refractivity contribution in [3.8, 4) is 0 Å². The maximum Gasteiger partial charge on any atom is 0.354 e. The van der Waals surface area contributed by atoms with Crippen molar-refractivity contribution in [2.24, 2.45) is 0 Å². The van der Waals surface area contributed by atoms with Gasteiger partial charge in [0.2, 0.25) is 0 Å². The molecule has 2 aromatic heterocycles. The average Bonchev–Trinajstić information content (AvgIpc) is 2.98. The van der Waals surface area contributed by atoms with Gasteiger partial charge < -0.3 is 25.3 Å². The van der Waals surface area contributed by atoms with Crippen molar-refractivity contribution in [1.29, 1.82) is 0 Å². The largest absolute Gasteiger partial charge is 0.477 e. The summed E-state index contributed by atoms with van der Waals surface area (Å²) >= 11 is 0. The normalized spacial score (nSPS) is 10.3. The molecule has 0 unspecified atom stereocenters. The van der Waals surface area contributed by atoms with Crippen molar-refractivity contribution in [2.45, 2.75) is 13.5 Å². The van der Waals surface area contributed by atoms with E-state index < -0.39 is 12.0 Å². The topological polar surface area (TPSA) is 114 Å². The first-order valence-electron chi connectivity index (χ1n) is 5.90. The number of urea groups is 1. The molecule has 0 aliphatic rings. The molecule has 2 heterocycles. The second kappa shape index (κ2) is 5.47. The minimum absolute atomic E-state index is 0.0396. The minimum atomic E-state index is -1.12. The first-order valence-corrected chi connectivity index (χ1v) is 5.90. The van der Waals surface area contributed by atoms with Crippen LogP contribution in [0.5, 0.6) is 0 Å². The number of carbonyl (C=O) groups excluding carboxylic acids is 1. The summed E-state index contributed by atoms with van der Waals surface area (Å²) in [5, 5.41) is 11.6. The lowest BCUT2D eigenvalue weighted by Gasteiger charge is -2.16. The van der Waals surface area contributed by atoms with Crippen LogP contribution in [0.15, 0.2) is 18.5 Å². The lowest BCUT2D eigenvalue weighted by molar-refractivity contribution is 0.0692. The number of nitrogens with one attached hydrogen (secondary N) is 3. The Bertz CT molecular complexity index is 617. The van der Waals surface area contributed by atoms with E-state index in [1.807, 2.05) is 0 Å². The number of H-pyrrole nitrogens is 2. The Hall–Kier alpha value is -2.77. The van der Waals surface area contributed by atoms with Crippen LogP contribution in [0.3, 0.4) is 0 Å². The molecular weight excluding hydrogens is 262 g/mol. The molecule has 0 aromatic carbocycles. The van der Waals surface area contributed by atoms with E-state index in [9.17, 15) is 9.59 Å². The zero-order valence-electron chi connectivity index (χ0n) is 11.1. The van der Waals surface area contributed by atoms with Gasteiger partial charge in [-0.15, -0.1) is 0 Å². The summed E-state index contributed by atoms with van der Waals surface area (Å²) in [5.41, 5.74) is 0.861. The second-order valence-corrected chi connectivity index (χ2v) is 4.37. The van der Waals surface area contributed by atoms with Gasteiger partial charge in [-0.25, -0.2) is 14.6 Å². The summed E-state index contributed by atoms with van der Waals surface area (Å²) in [6, 6.07) is 1.16. The predicted molar refractivity (Wildman–Crippen MR) is 71.6 cm³/mol. The molecule has 0 aliphatic heterocycles. The molecule has 8 nitrogen and oxygen atoms in total. The number of nitrogens with zero attached hydrogens (tertiary/aromatic N) is 2. The molecule has 0 aliphatic carbocycles. The number of hydrogen-bond acceptors (Lipinski definition) is 3. The fourth-order valence-electron chi connectivity index (χ4n) is 1.75. The van der Waals surface area contributed by atoms with Crippen LogP contribution in [-0.2, 0) is 6.54 Å². The Morgan fingerprint density at radius 2 is 2.25 bits per heavy atom. The highest BCUT2D eigenvalue weighted by molar-refractivity contribution is 5.99. The van der Waals surface area contributed by atoms with E-state index in [-0.39, 0.29) is 11.4 Å². The van der Waals surface area contributed by atoms with Crippen LogP contribution in [0.2, 0.25) is 0 Å². The summed E-state index contributed by atoms with van der Waals surface area (Å²) < 4.78 is 0. The van der Waals surface area contributed by atoms with Crippen molar-refractivity contribution < 1.29 is 14.7 Å². The molecule has 0 spiro atoms. The van der Waals surface area contributed by atoms with Crippen LogP contribution in [0.25, 0.3) is 0 Å². The van der Waals surface area contributed by atoms with Gasteiger partial charge in [0.15, 0.2) is 0 Å². The van der Waals surface area contributed by atoms with Gasteiger partial charge in [0.25, 0.3) is 0 Å². The third-order valence-corrected chi connectivity index (χ3v) is 2.70. The number of carboxylic acid groups (broad SMARTS) is 1. The monoisotopic (exact) mass is 277 g/mol. The number of aromatic carboxylic acids is 1. The van der Waals surface area contributed by atoms with Gasteiger partial charge in [-0.2, -0.15) is 0 Å². The highest BCUT2D eigenvalue weighted by Gasteiger charge is 2.17. The van der Waals surface area contributed by atoms with Crippen molar-refractivity contribution in [2.75, 3.05) is 12.4 Å². The number of anilines is 1. The summed E-state index contributed by atoms with van der Waals surface area (Å²) in [6.07, 6.45) is 3.26. The Labute approximate surface area is 114 Å². The van der Waals surface area contributed by atoms with E-state index in [1.165, 1.54) is 4.90 Å². The van der Waals surface area contributed by atoms with E-state index in [4.69, 9.17) is 5.11 Å². The molecule has 4 N–H and O–H groups in total. The maximum absolute atomic E-state index is 12.0. The SMILES string of the molecule is Cc1cc(NC(=O)N(C)Cc2ncc[nH]2)c(C(=O)O)[nH]1. The summed E-state index contributed by atoms with van der Waals surface area (Å²) in [6.45, 7) is 2.01. The van der Waals surface area contributed by atoms with E-state index in [0.717, 1.165) is 0 Å². The third-order valence-electron chi connectivity index (χ3n) is 2.70. The van der Waals surface area contributed by atoms with Crippen LogP contribution < -0.4 is 5.32 Å². The molecule has 0 fully saturated rings. The van der Waals surface area contributed by atoms with E-state index in [2.05, 4.69) is 20.3 Å². The summed E-state index contributed by atoms with van der Waals surface area (Å²) in [7, 11) is 1.60. The van der Waals surface area contributed by atoms with Crippen LogP contribution in [0.4, 0.5) is 10.5 Å². The van der Waals surface area contributed by atoms with Gasteiger partial charge in [-0.1, -0.05) is 0 Å². The Morgan fingerprint density at radius 1 is 1.50 bits per heavy atom. The number of rotatable bonds is 4. The van der Waals surface area contributed by atoms with Crippen LogP contribution in [-0.4, -0.2) is 44.0 Å². The Balaban J connectivity index is 2.05. The lowest BCUT2D eigenvalue weighted by atomic mass is 10.3. The number of hydrogen-bond donors (Lipinski definition) is 4. The molecule has 0 atom stereocenters. The number of carbonyl (C=O) groups is 2. The smallest absolute Gasteiger partial charge is 0.354 e. The molecular formula is C12H15N5O3. The molecule has 0 bridgehead atoms. The van der Waals surface area contributed by atoms with Gasteiger partial charge in [0, 0.05) is 25.1 Å². The molecule has 2 amide bonds. The maximum atomic E-state index is 12.0. The molecule has 0 saturated carbocycles. The third kappa shape index (κ3) is 2.97. The van der Waals surface area contributed by atoms with Gasteiger partial charge in [-0.05, 0) is 13.0 Å². The number of aryl methyl sites for hydroxylation is 1. The average molecular weight is 277 g/mol. The summed E-state index contributed by atoms with van der Waals surface area (Å²) in [4.78, 5) is 34.0. The lowest BCUT2D eigenvalue weighted by Crippen LogP contribution is -2.31. The van der Waals surface area contributed by atoms with E-state index in [0.29, 0.717) is 18.1 Å². The van der Waals surface area contributed by atoms with Gasteiger partial charge in [-0.3, -0.25) is 0 Å². The first kappa shape index (κ1) is 13.7. The number of carboxylic acids is 1. The molecule has 2 aromatic rings. The Kier molecular flexibility index (Phi) is 3.74. The highest BCUT2D eigenvalue weighted by Crippen LogP contribution is 2.17. The second-order valence-electron chi connectivity index (χ2n) is 4.37. The molecule has 106 valence electrons. The van der Waals surface area contributed by atoms with E-state index >= 15 is 0 Å². The van der Waals surface area contributed by atoms with Gasteiger partial charge in [0.05, 0.1) is 12.2 Å².